The molecule has 150 valence electrons. The molecule has 2 heterocycles. The van der Waals surface area contributed by atoms with Gasteiger partial charge in [0.25, 0.3) is 5.91 Å². The molecule has 9 heteroatoms. The van der Waals surface area contributed by atoms with Crippen LogP contribution in [0.4, 0.5) is 5.13 Å². The number of ether oxygens (including phenoxy) is 2. The van der Waals surface area contributed by atoms with Crippen molar-refractivity contribution in [3.63, 3.8) is 0 Å². The van der Waals surface area contributed by atoms with Gasteiger partial charge in [-0.25, -0.2) is 4.98 Å². The summed E-state index contributed by atoms with van der Waals surface area (Å²) < 4.78 is 11.0. The van der Waals surface area contributed by atoms with E-state index in [1.807, 2.05) is 32.0 Å². The van der Waals surface area contributed by atoms with Gasteiger partial charge in [-0.3, -0.25) is 20.4 Å². The van der Waals surface area contributed by atoms with E-state index in [1.54, 1.807) is 5.38 Å². The zero-order chi connectivity index (χ0) is 19.9. The molecule has 3 rings (SSSR count). The number of anilines is 1. The highest BCUT2D eigenvalue weighted by Crippen LogP contribution is 2.21. The number of aromatic nitrogens is 1. The number of benzene rings is 1. The number of rotatable bonds is 6. The van der Waals surface area contributed by atoms with E-state index in [0.717, 1.165) is 35.1 Å². The van der Waals surface area contributed by atoms with Crippen LogP contribution in [0.1, 0.15) is 28.0 Å². The molecule has 0 aliphatic carbocycles. The molecule has 2 amide bonds. The van der Waals surface area contributed by atoms with Crippen molar-refractivity contribution in [2.75, 3.05) is 37.8 Å². The fourth-order valence-electron chi connectivity index (χ4n) is 2.66. The van der Waals surface area contributed by atoms with E-state index in [1.165, 1.54) is 11.3 Å². The topological polar surface area (TPSA) is 92.8 Å². The van der Waals surface area contributed by atoms with Crippen molar-refractivity contribution in [3.8, 4) is 5.75 Å². The highest BCUT2D eigenvalue weighted by molar-refractivity contribution is 7.13. The Bertz CT molecular complexity index is 833. The van der Waals surface area contributed by atoms with Crippen molar-refractivity contribution in [2.24, 2.45) is 0 Å². The zero-order valence-electron chi connectivity index (χ0n) is 16.0. The summed E-state index contributed by atoms with van der Waals surface area (Å²) in [6, 6.07) is 5.79. The number of hydrogen-bond acceptors (Lipinski definition) is 7. The Kier molecular flexibility index (Phi) is 6.83. The predicted octanol–water partition coefficient (Wildman–Crippen LogP) is 1.83. The number of morpholine rings is 1. The first kappa shape index (κ1) is 20.1. The van der Waals surface area contributed by atoms with Crippen LogP contribution in [-0.4, -0.2) is 49.7 Å². The lowest BCUT2D eigenvalue weighted by Crippen LogP contribution is -2.42. The highest BCUT2D eigenvalue weighted by Gasteiger charge is 2.17. The quantitative estimate of drug-likeness (QED) is 0.714. The summed E-state index contributed by atoms with van der Waals surface area (Å²) in [5.74, 6) is -0.0169. The average molecular weight is 404 g/mol. The van der Waals surface area contributed by atoms with Gasteiger partial charge < -0.3 is 14.4 Å². The second-order valence-corrected chi connectivity index (χ2v) is 7.25. The van der Waals surface area contributed by atoms with Crippen LogP contribution < -0.4 is 20.5 Å². The minimum atomic E-state index is -0.445. The van der Waals surface area contributed by atoms with Gasteiger partial charge in [-0.1, -0.05) is 12.1 Å². The van der Waals surface area contributed by atoms with E-state index < -0.39 is 5.91 Å². The summed E-state index contributed by atoms with van der Waals surface area (Å²) in [5.41, 5.74) is 7.25. The van der Waals surface area contributed by atoms with Gasteiger partial charge in [-0.2, -0.15) is 0 Å². The number of nitrogens with one attached hydrogen (secondary N) is 2. The van der Waals surface area contributed by atoms with Crippen LogP contribution in [0.5, 0.6) is 5.75 Å². The summed E-state index contributed by atoms with van der Waals surface area (Å²) in [6.45, 7) is 7.03. The van der Waals surface area contributed by atoms with Gasteiger partial charge in [-0.05, 0) is 31.0 Å². The Balaban J connectivity index is 1.41. The fraction of sp³-hybridized carbons (Fsp3) is 0.421. The lowest BCUT2D eigenvalue weighted by Gasteiger charge is -2.25. The van der Waals surface area contributed by atoms with E-state index in [2.05, 4.69) is 20.7 Å². The van der Waals surface area contributed by atoms with Gasteiger partial charge >= 0.3 is 0 Å². The minimum absolute atomic E-state index is 0.129. The first-order valence-corrected chi connectivity index (χ1v) is 9.99. The Morgan fingerprint density at radius 1 is 1.25 bits per heavy atom. The van der Waals surface area contributed by atoms with Gasteiger partial charge in [0.15, 0.2) is 5.13 Å². The molecule has 0 spiro atoms. The normalized spacial score (nSPS) is 13.9. The number of carbonyl (C=O) groups excluding carboxylic acids is 2. The molecular formula is C19H24N4O4S. The van der Waals surface area contributed by atoms with Gasteiger partial charge in [-0.15, -0.1) is 11.3 Å². The van der Waals surface area contributed by atoms with Crippen LogP contribution in [0, 0.1) is 13.8 Å². The van der Waals surface area contributed by atoms with Crippen LogP contribution >= 0.6 is 11.3 Å². The Morgan fingerprint density at radius 3 is 2.82 bits per heavy atom. The van der Waals surface area contributed by atoms with Crippen LogP contribution in [0.2, 0.25) is 0 Å². The van der Waals surface area contributed by atoms with Crippen molar-refractivity contribution < 1.29 is 19.1 Å². The molecule has 28 heavy (non-hydrogen) atoms. The molecule has 2 aromatic rings. The van der Waals surface area contributed by atoms with Crippen molar-refractivity contribution >= 4 is 28.3 Å². The number of aryl methyl sites for hydroxylation is 1. The van der Waals surface area contributed by atoms with E-state index >= 15 is 0 Å². The summed E-state index contributed by atoms with van der Waals surface area (Å²) >= 11 is 1.40. The number of hydrogen-bond donors (Lipinski definition) is 2. The van der Waals surface area contributed by atoms with Crippen molar-refractivity contribution in [3.05, 3.63) is 40.4 Å². The lowest BCUT2D eigenvalue weighted by molar-refractivity contribution is -0.122. The number of amides is 2. The molecule has 1 saturated heterocycles. The molecular weight excluding hydrogens is 380 g/mol. The Labute approximate surface area is 167 Å². The number of hydrazine groups is 1. The zero-order valence-corrected chi connectivity index (χ0v) is 16.8. The van der Waals surface area contributed by atoms with Crippen LogP contribution in [-0.2, 0) is 9.53 Å². The first-order valence-electron chi connectivity index (χ1n) is 9.11. The molecule has 0 atom stereocenters. The fourth-order valence-corrected chi connectivity index (χ4v) is 3.52. The molecule has 0 bridgehead atoms. The standard InChI is InChI=1S/C19H24N4O4S/c1-13-4-3-5-16(14(13)2)27-9-6-17(24)21-22-18(25)15-12-28-19(20-15)23-7-10-26-11-8-23/h3-5,12H,6-11H2,1-2H3,(H,21,24)(H,22,25). The summed E-state index contributed by atoms with van der Waals surface area (Å²) in [5, 5.41) is 2.46. The molecule has 1 aliphatic rings. The third-order valence-electron chi connectivity index (χ3n) is 4.46. The van der Waals surface area contributed by atoms with Crippen LogP contribution in [0.25, 0.3) is 0 Å². The SMILES string of the molecule is Cc1cccc(OCCC(=O)NNC(=O)c2csc(N3CCOCC3)n2)c1C. The summed E-state index contributed by atoms with van der Waals surface area (Å²) in [6.07, 6.45) is 0.129. The summed E-state index contributed by atoms with van der Waals surface area (Å²) in [7, 11) is 0. The Hall–Kier alpha value is -2.65. The Morgan fingerprint density at radius 2 is 2.04 bits per heavy atom. The second-order valence-electron chi connectivity index (χ2n) is 6.41. The van der Waals surface area contributed by atoms with Crippen molar-refractivity contribution in [1.29, 1.82) is 0 Å². The molecule has 2 N–H and O–H groups in total. The number of nitrogens with zero attached hydrogens (tertiary/aromatic N) is 2. The molecule has 1 aliphatic heterocycles. The molecule has 1 aromatic heterocycles. The van der Waals surface area contributed by atoms with Crippen molar-refractivity contribution in [1.82, 2.24) is 15.8 Å². The maximum Gasteiger partial charge on any atom is 0.289 e. The van der Waals surface area contributed by atoms with Gasteiger partial charge in [0.1, 0.15) is 11.4 Å². The predicted molar refractivity (Wildman–Crippen MR) is 107 cm³/mol. The lowest BCUT2D eigenvalue weighted by atomic mass is 10.1. The van der Waals surface area contributed by atoms with Crippen LogP contribution in [0.3, 0.4) is 0 Å². The van der Waals surface area contributed by atoms with E-state index in [-0.39, 0.29) is 24.6 Å². The van der Waals surface area contributed by atoms with Gasteiger partial charge in [0.2, 0.25) is 5.91 Å². The monoisotopic (exact) mass is 404 g/mol. The largest absolute Gasteiger partial charge is 0.493 e. The molecule has 0 unspecified atom stereocenters. The molecule has 1 aromatic carbocycles. The van der Waals surface area contributed by atoms with E-state index in [9.17, 15) is 9.59 Å². The number of carbonyl (C=O) groups is 2. The summed E-state index contributed by atoms with van der Waals surface area (Å²) in [4.78, 5) is 30.5. The van der Waals surface area contributed by atoms with E-state index in [0.29, 0.717) is 13.2 Å². The molecule has 0 radical (unpaired) electrons. The molecule has 0 saturated carbocycles. The average Bonchev–Trinajstić information content (AvgIpc) is 3.20. The molecule has 1 fully saturated rings. The minimum Gasteiger partial charge on any atom is -0.493 e. The third-order valence-corrected chi connectivity index (χ3v) is 5.36. The van der Waals surface area contributed by atoms with Crippen LogP contribution in [0.15, 0.2) is 23.6 Å². The highest BCUT2D eigenvalue weighted by atomic mass is 32.1. The first-order chi connectivity index (χ1) is 13.5. The maximum absolute atomic E-state index is 12.2. The van der Waals surface area contributed by atoms with Gasteiger partial charge in [0.05, 0.1) is 26.2 Å². The molecule has 8 nitrogen and oxygen atoms in total. The van der Waals surface area contributed by atoms with E-state index in [4.69, 9.17) is 9.47 Å². The smallest absolute Gasteiger partial charge is 0.289 e. The number of thiazole rings is 1. The van der Waals surface area contributed by atoms with Gasteiger partial charge in [0, 0.05) is 18.5 Å². The van der Waals surface area contributed by atoms with Crippen molar-refractivity contribution in [2.45, 2.75) is 20.3 Å². The maximum atomic E-state index is 12.2. The second kappa shape index (κ2) is 9.52. The third kappa shape index (κ3) is 5.20.